The number of halogens is 2. The topological polar surface area (TPSA) is 90.7 Å². The van der Waals surface area contributed by atoms with Crippen molar-refractivity contribution in [2.75, 3.05) is 0 Å². The lowest BCUT2D eigenvalue weighted by molar-refractivity contribution is 0.0697. The predicted octanol–water partition coefficient (Wildman–Crippen LogP) is 4.89. The Labute approximate surface area is 150 Å². The Morgan fingerprint density at radius 3 is 2.38 bits per heavy atom. The number of hydrogen-bond donors (Lipinski definition) is 3. The second-order valence-corrected chi connectivity index (χ2v) is 6.65. The van der Waals surface area contributed by atoms with Gasteiger partial charge in [0.05, 0.1) is 20.5 Å². The zero-order chi connectivity index (χ0) is 17.4. The molecule has 8 heteroatoms. The molecule has 0 aliphatic carbocycles. The second kappa shape index (κ2) is 6.32. The van der Waals surface area contributed by atoms with E-state index in [1.165, 1.54) is 29.5 Å². The van der Waals surface area contributed by atoms with Gasteiger partial charge in [0.2, 0.25) is 0 Å². The molecule has 0 bridgehead atoms. The molecule has 0 aliphatic rings. The number of carboxylic acids is 1. The number of phenols is 2. The molecule has 0 saturated carbocycles. The molecule has 0 saturated heterocycles. The van der Waals surface area contributed by atoms with Crippen molar-refractivity contribution in [2.45, 2.75) is 0 Å². The SMILES string of the molecule is O=C(O)c1ccc(-c2cnc(-c3cc(Cl)c(O)c(O)c3Cl)s2)cc1. The maximum absolute atomic E-state index is 10.9. The first-order valence-corrected chi connectivity index (χ1v) is 8.15. The molecule has 1 heterocycles. The van der Waals surface area contributed by atoms with Crippen molar-refractivity contribution in [3.8, 4) is 32.5 Å². The van der Waals surface area contributed by atoms with Crippen molar-refractivity contribution >= 4 is 40.5 Å². The number of phenolic OH excluding ortho intramolecular Hbond substituents is 2. The third-order valence-corrected chi connectivity index (χ3v) is 5.07. The molecular formula is C16H9Cl2NO4S. The van der Waals surface area contributed by atoms with Gasteiger partial charge in [-0.15, -0.1) is 11.3 Å². The summed E-state index contributed by atoms with van der Waals surface area (Å²) in [6.45, 7) is 0. The maximum atomic E-state index is 10.9. The average molecular weight is 382 g/mol. The van der Waals surface area contributed by atoms with Gasteiger partial charge in [-0.25, -0.2) is 9.78 Å². The fraction of sp³-hybridized carbons (Fsp3) is 0. The number of rotatable bonds is 3. The van der Waals surface area contributed by atoms with Crippen molar-refractivity contribution < 1.29 is 20.1 Å². The molecule has 3 rings (SSSR count). The Bertz CT molecular complexity index is 938. The van der Waals surface area contributed by atoms with Crippen LogP contribution in [0.1, 0.15) is 10.4 Å². The Morgan fingerprint density at radius 2 is 1.75 bits per heavy atom. The summed E-state index contributed by atoms with van der Waals surface area (Å²) in [4.78, 5) is 15.9. The number of aromatic hydroxyl groups is 2. The number of benzene rings is 2. The summed E-state index contributed by atoms with van der Waals surface area (Å²) in [5, 5.41) is 28.7. The van der Waals surface area contributed by atoms with E-state index in [4.69, 9.17) is 28.3 Å². The van der Waals surface area contributed by atoms with Crippen LogP contribution in [0.5, 0.6) is 11.5 Å². The molecule has 0 spiro atoms. The molecule has 5 nitrogen and oxygen atoms in total. The first-order valence-electron chi connectivity index (χ1n) is 6.58. The first kappa shape index (κ1) is 16.6. The molecule has 3 aromatic rings. The Balaban J connectivity index is 2.01. The highest BCUT2D eigenvalue weighted by Gasteiger charge is 2.18. The summed E-state index contributed by atoms with van der Waals surface area (Å²) in [5.41, 5.74) is 1.39. The van der Waals surface area contributed by atoms with Crippen molar-refractivity contribution in [1.82, 2.24) is 4.98 Å². The fourth-order valence-corrected chi connectivity index (χ4v) is 3.50. The minimum Gasteiger partial charge on any atom is -0.503 e. The smallest absolute Gasteiger partial charge is 0.335 e. The maximum Gasteiger partial charge on any atom is 0.335 e. The molecule has 0 aliphatic heterocycles. The van der Waals surface area contributed by atoms with Crippen molar-refractivity contribution in [2.24, 2.45) is 0 Å². The molecule has 122 valence electrons. The van der Waals surface area contributed by atoms with E-state index in [-0.39, 0.29) is 15.6 Å². The van der Waals surface area contributed by atoms with Gasteiger partial charge < -0.3 is 15.3 Å². The van der Waals surface area contributed by atoms with Crippen LogP contribution < -0.4 is 0 Å². The normalized spacial score (nSPS) is 10.8. The highest BCUT2D eigenvalue weighted by Crippen LogP contribution is 2.46. The van der Waals surface area contributed by atoms with E-state index in [0.29, 0.717) is 10.6 Å². The van der Waals surface area contributed by atoms with Gasteiger partial charge in [-0.3, -0.25) is 0 Å². The molecule has 3 N–H and O–H groups in total. The number of hydrogen-bond acceptors (Lipinski definition) is 5. The van der Waals surface area contributed by atoms with E-state index in [1.807, 2.05) is 0 Å². The van der Waals surface area contributed by atoms with Crippen LogP contribution in [0, 0.1) is 0 Å². The molecule has 0 fully saturated rings. The molecule has 2 aromatic carbocycles. The minimum atomic E-state index is -0.993. The summed E-state index contributed by atoms with van der Waals surface area (Å²) in [5.74, 6) is -1.97. The van der Waals surface area contributed by atoms with Gasteiger partial charge in [-0.1, -0.05) is 35.3 Å². The van der Waals surface area contributed by atoms with Crippen LogP contribution in [-0.4, -0.2) is 26.3 Å². The van der Waals surface area contributed by atoms with Gasteiger partial charge in [-0.05, 0) is 23.8 Å². The summed E-state index contributed by atoms with van der Waals surface area (Å²) in [6.07, 6.45) is 1.61. The van der Waals surface area contributed by atoms with E-state index in [9.17, 15) is 15.0 Å². The third kappa shape index (κ3) is 2.91. The highest BCUT2D eigenvalue weighted by molar-refractivity contribution is 7.18. The Kier molecular flexibility index (Phi) is 4.36. The Morgan fingerprint density at radius 1 is 1.08 bits per heavy atom. The van der Waals surface area contributed by atoms with E-state index in [0.717, 1.165) is 10.4 Å². The number of carboxylic acid groups (broad SMARTS) is 1. The molecular weight excluding hydrogens is 373 g/mol. The molecule has 1 aromatic heterocycles. The first-order chi connectivity index (χ1) is 11.4. The lowest BCUT2D eigenvalue weighted by atomic mass is 10.1. The van der Waals surface area contributed by atoms with Gasteiger partial charge in [0.15, 0.2) is 11.5 Å². The van der Waals surface area contributed by atoms with Crippen LogP contribution >= 0.6 is 34.5 Å². The monoisotopic (exact) mass is 381 g/mol. The standard InChI is InChI=1S/C16H9Cl2NO4S/c17-10-5-9(12(18)14(21)13(10)20)15-19-6-11(24-15)7-1-3-8(4-2-7)16(22)23/h1-6,20-21H,(H,22,23). The predicted molar refractivity (Wildman–Crippen MR) is 93.3 cm³/mol. The molecule has 0 atom stereocenters. The van der Waals surface area contributed by atoms with Crippen LogP contribution in [0.15, 0.2) is 36.5 Å². The van der Waals surface area contributed by atoms with E-state index < -0.39 is 17.5 Å². The van der Waals surface area contributed by atoms with Gasteiger partial charge in [-0.2, -0.15) is 0 Å². The van der Waals surface area contributed by atoms with Crippen molar-refractivity contribution in [3.63, 3.8) is 0 Å². The van der Waals surface area contributed by atoms with Crippen LogP contribution in [0.4, 0.5) is 0 Å². The zero-order valence-corrected chi connectivity index (χ0v) is 14.2. The van der Waals surface area contributed by atoms with Gasteiger partial charge in [0.1, 0.15) is 5.01 Å². The van der Waals surface area contributed by atoms with Crippen LogP contribution in [0.3, 0.4) is 0 Å². The average Bonchev–Trinajstić information content (AvgIpc) is 3.06. The van der Waals surface area contributed by atoms with Crippen molar-refractivity contribution in [1.29, 1.82) is 0 Å². The molecule has 0 radical (unpaired) electrons. The Hall–Kier alpha value is -2.28. The van der Waals surface area contributed by atoms with Crippen molar-refractivity contribution in [3.05, 3.63) is 52.1 Å². The van der Waals surface area contributed by atoms with E-state index >= 15 is 0 Å². The van der Waals surface area contributed by atoms with Gasteiger partial charge >= 0.3 is 5.97 Å². The van der Waals surface area contributed by atoms with Crippen LogP contribution in [0.2, 0.25) is 10.0 Å². The van der Waals surface area contributed by atoms with Gasteiger partial charge in [0, 0.05) is 11.8 Å². The summed E-state index contributed by atoms with van der Waals surface area (Å²) in [7, 11) is 0. The molecule has 24 heavy (non-hydrogen) atoms. The van der Waals surface area contributed by atoms with E-state index in [2.05, 4.69) is 4.98 Å². The van der Waals surface area contributed by atoms with E-state index in [1.54, 1.807) is 18.3 Å². The largest absolute Gasteiger partial charge is 0.503 e. The highest BCUT2D eigenvalue weighted by atomic mass is 35.5. The van der Waals surface area contributed by atoms with Crippen LogP contribution in [0.25, 0.3) is 21.0 Å². The number of aromatic nitrogens is 1. The minimum absolute atomic E-state index is 0.0329. The zero-order valence-electron chi connectivity index (χ0n) is 11.8. The number of thiazole rings is 1. The lowest BCUT2D eigenvalue weighted by Crippen LogP contribution is -1.94. The molecule has 0 amide bonds. The number of carbonyl (C=O) groups is 1. The summed E-state index contributed by atoms with van der Waals surface area (Å²) >= 11 is 13.2. The quantitative estimate of drug-likeness (QED) is 0.561. The molecule has 0 unspecified atom stereocenters. The second-order valence-electron chi connectivity index (χ2n) is 4.83. The fourth-order valence-electron chi connectivity index (χ4n) is 2.07. The summed E-state index contributed by atoms with van der Waals surface area (Å²) in [6, 6.07) is 7.81. The number of nitrogens with zero attached hydrogens (tertiary/aromatic N) is 1. The third-order valence-electron chi connectivity index (χ3n) is 3.32. The van der Waals surface area contributed by atoms with Crippen LogP contribution in [-0.2, 0) is 0 Å². The van der Waals surface area contributed by atoms with Gasteiger partial charge in [0.25, 0.3) is 0 Å². The lowest BCUT2D eigenvalue weighted by Gasteiger charge is -2.06. The summed E-state index contributed by atoms with van der Waals surface area (Å²) < 4.78 is 0. The number of aromatic carboxylic acids is 1.